The van der Waals surface area contributed by atoms with E-state index >= 15 is 0 Å². The molecule has 1 unspecified atom stereocenters. The topological polar surface area (TPSA) is 55.9 Å². The number of anilines is 3. The Kier molecular flexibility index (Phi) is 5.93. The van der Waals surface area contributed by atoms with Gasteiger partial charge in [-0.25, -0.2) is 0 Å². The van der Waals surface area contributed by atoms with Crippen LogP contribution in [-0.4, -0.2) is 62.9 Å². The van der Waals surface area contributed by atoms with Gasteiger partial charge in [0.05, 0.1) is 23.8 Å². The molecule has 2 heterocycles. The van der Waals surface area contributed by atoms with Gasteiger partial charge in [0.2, 0.25) is 5.91 Å². The Labute approximate surface area is 178 Å². The average molecular weight is 407 g/mol. The largest absolute Gasteiger partial charge is 0.378 e. The second kappa shape index (κ2) is 8.78. The van der Waals surface area contributed by atoms with E-state index < -0.39 is 0 Å². The molecule has 1 amide bonds. The van der Waals surface area contributed by atoms with Crippen LogP contribution in [0.2, 0.25) is 0 Å². The van der Waals surface area contributed by atoms with E-state index in [1.807, 2.05) is 49.3 Å². The summed E-state index contributed by atoms with van der Waals surface area (Å²) in [5.74, 6) is 0.192. The zero-order valence-electron chi connectivity index (χ0n) is 17.8. The molecule has 158 valence electrons. The average Bonchev–Trinajstić information content (AvgIpc) is 2.78. The van der Waals surface area contributed by atoms with Gasteiger partial charge in [-0.3, -0.25) is 4.79 Å². The van der Waals surface area contributed by atoms with Crippen LogP contribution in [0, 0.1) is 0 Å². The van der Waals surface area contributed by atoms with Crippen molar-refractivity contribution in [1.29, 1.82) is 0 Å². The van der Waals surface area contributed by atoms with Crippen molar-refractivity contribution in [3.63, 3.8) is 0 Å². The van der Waals surface area contributed by atoms with E-state index in [1.165, 1.54) is 0 Å². The molecule has 2 aromatic rings. The van der Waals surface area contributed by atoms with Crippen molar-refractivity contribution < 1.29 is 9.59 Å². The highest BCUT2D eigenvalue weighted by atomic mass is 16.2. The van der Waals surface area contributed by atoms with Crippen LogP contribution in [0.25, 0.3) is 0 Å². The predicted octanol–water partition coefficient (Wildman–Crippen LogP) is 2.79. The first kappa shape index (κ1) is 20.3. The van der Waals surface area contributed by atoms with Crippen molar-refractivity contribution in [2.24, 2.45) is 0 Å². The lowest BCUT2D eigenvalue weighted by Gasteiger charge is -2.44. The second-order valence-electron chi connectivity index (χ2n) is 8.41. The Hall–Kier alpha value is -3.02. The van der Waals surface area contributed by atoms with Gasteiger partial charge in [-0.05, 0) is 42.7 Å². The molecule has 2 aliphatic rings. The fourth-order valence-electron chi connectivity index (χ4n) is 4.45. The highest BCUT2D eigenvalue weighted by Crippen LogP contribution is 2.34. The lowest BCUT2D eigenvalue weighted by atomic mass is 9.98. The van der Waals surface area contributed by atoms with Gasteiger partial charge >= 0.3 is 0 Å². The molecule has 6 nitrogen and oxygen atoms in total. The van der Waals surface area contributed by atoms with Crippen LogP contribution in [0.3, 0.4) is 0 Å². The van der Waals surface area contributed by atoms with Crippen LogP contribution in [0.4, 0.5) is 17.1 Å². The summed E-state index contributed by atoms with van der Waals surface area (Å²) in [6, 6.07) is 16.5. The lowest BCUT2D eigenvalue weighted by Crippen LogP contribution is -2.52. The summed E-state index contributed by atoms with van der Waals surface area (Å²) in [6.45, 7) is 2.20. The molecule has 30 heavy (non-hydrogen) atoms. The molecule has 0 radical (unpaired) electrons. The number of rotatable bonds is 5. The molecule has 2 aromatic carbocycles. The molecular weight excluding hydrogens is 376 g/mol. The number of carbonyl (C=O) groups is 2. The molecule has 1 fully saturated rings. The van der Waals surface area contributed by atoms with Gasteiger partial charge in [-0.2, -0.15) is 0 Å². The number of para-hydroxylation sites is 2. The molecule has 1 saturated heterocycles. The fourth-order valence-corrected chi connectivity index (χ4v) is 4.45. The van der Waals surface area contributed by atoms with Crippen LogP contribution >= 0.6 is 0 Å². The standard InChI is InChI=1S/C24H30N4O2/c1-26(2)20-9-7-18(8-10-20)15-24(30)27-13-11-21(12-14-27)28-16-19(17-29)25-22-5-3-4-6-23(22)28/h3-10,17,19,21,25H,11-16H2,1-2H3. The van der Waals surface area contributed by atoms with Crippen LogP contribution in [0.1, 0.15) is 18.4 Å². The van der Waals surface area contributed by atoms with Crippen LogP contribution in [-0.2, 0) is 16.0 Å². The number of nitrogens with zero attached hydrogens (tertiary/aromatic N) is 3. The molecule has 0 saturated carbocycles. The van der Waals surface area contributed by atoms with Gasteiger partial charge in [0.15, 0.2) is 0 Å². The van der Waals surface area contributed by atoms with Gasteiger partial charge in [-0.1, -0.05) is 24.3 Å². The van der Waals surface area contributed by atoms with Crippen molar-refractivity contribution in [1.82, 2.24) is 4.90 Å². The monoisotopic (exact) mass is 406 g/mol. The van der Waals surface area contributed by atoms with E-state index in [1.54, 1.807) is 0 Å². The Morgan fingerprint density at radius 3 is 2.47 bits per heavy atom. The van der Waals surface area contributed by atoms with Crippen molar-refractivity contribution >= 4 is 29.3 Å². The maximum atomic E-state index is 12.8. The Bertz CT molecular complexity index is 888. The molecule has 0 aliphatic carbocycles. The summed E-state index contributed by atoms with van der Waals surface area (Å²) in [6.07, 6.45) is 3.28. The SMILES string of the molecule is CN(C)c1ccc(CC(=O)N2CCC(N3CC(C=O)Nc4ccccc43)CC2)cc1. The molecular formula is C24H30N4O2. The first-order chi connectivity index (χ1) is 14.5. The van der Waals surface area contributed by atoms with Gasteiger partial charge in [0.25, 0.3) is 0 Å². The highest BCUT2D eigenvalue weighted by molar-refractivity contribution is 5.80. The van der Waals surface area contributed by atoms with E-state index in [0.29, 0.717) is 19.0 Å². The number of likely N-dealkylation sites (tertiary alicyclic amines) is 1. The van der Waals surface area contributed by atoms with Gasteiger partial charge in [0, 0.05) is 45.5 Å². The van der Waals surface area contributed by atoms with Gasteiger partial charge in [-0.15, -0.1) is 0 Å². The van der Waals surface area contributed by atoms with E-state index in [-0.39, 0.29) is 11.9 Å². The third-order valence-electron chi connectivity index (χ3n) is 6.18. The van der Waals surface area contributed by atoms with E-state index in [0.717, 1.165) is 54.8 Å². The zero-order valence-corrected chi connectivity index (χ0v) is 17.8. The molecule has 1 atom stereocenters. The van der Waals surface area contributed by atoms with Crippen LogP contribution < -0.4 is 15.1 Å². The molecule has 0 spiro atoms. The number of piperidine rings is 1. The second-order valence-corrected chi connectivity index (χ2v) is 8.41. The van der Waals surface area contributed by atoms with E-state index in [9.17, 15) is 9.59 Å². The molecule has 0 aromatic heterocycles. The number of benzene rings is 2. The van der Waals surface area contributed by atoms with E-state index in [2.05, 4.69) is 33.3 Å². The number of hydrogen-bond donors (Lipinski definition) is 1. The maximum absolute atomic E-state index is 12.8. The first-order valence-corrected chi connectivity index (χ1v) is 10.7. The molecule has 0 bridgehead atoms. The van der Waals surface area contributed by atoms with Crippen molar-refractivity contribution in [3.8, 4) is 0 Å². The minimum absolute atomic E-state index is 0.190. The summed E-state index contributed by atoms with van der Waals surface area (Å²) in [5, 5.41) is 3.30. The van der Waals surface area contributed by atoms with Crippen molar-refractivity contribution in [2.45, 2.75) is 31.3 Å². The minimum atomic E-state index is -0.190. The third kappa shape index (κ3) is 4.27. The van der Waals surface area contributed by atoms with Crippen LogP contribution in [0.5, 0.6) is 0 Å². The highest BCUT2D eigenvalue weighted by Gasteiger charge is 2.32. The van der Waals surface area contributed by atoms with E-state index in [4.69, 9.17) is 0 Å². The Balaban J connectivity index is 1.36. The summed E-state index contributed by atoms with van der Waals surface area (Å²) in [5.41, 5.74) is 4.36. The number of amides is 1. The van der Waals surface area contributed by atoms with Crippen molar-refractivity contribution in [3.05, 3.63) is 54.1 Å². The summed E-state index contributed by atoms with van der Waals surface area (Å²) < 4.78 is 0. The smallest absolute Gasteiger partial charge is 0.226 e. The minimum Gasteiger partial charge on any atom is -0.378 e. The number of carbonyl (C=O) groups excluding carboxylic acids is 2. The summed E-state index contributed by atoms with van der Waals surface area (Å²) in [4.78, 5) is 30.6. The Morgan fingerprint density at radius 1 is 1.10 bits per heavy atom. The lowest BCUT2D eigenvalue weighted by molar-refractivity contribution is -0.131. The van der Waals surface area contributed by atoms with Crippen molar-refractivity contribution in [2.75, 3.05) is 48.8 Å². The molecule has 2 aliphatic heterocycles. The molecule has 4 rings (SSSR count). The molecule has 6 heteroatoms. The number of aldehydes is 1. The Morgan fingerprint density at radius 2 is 1.80 bits per heavy atom. The van der Waals surface area contributed by atoms with Gasteiger partial charge in [0.1, 0.15) is 6.29 Å². The number of hydrogen-bond acceptors (Lipinski definition) is 5. The predicted molar refractivity (Wildman–Crippen MR) is 121 cm³/mol. The normalized spacial score (nSPS) is 19.1. The quantitative estimate of drug-likeness (QED) is 0.774. The fraction of sp³-hybridized carbons (Fsp3) is 0.417. The third-order valence-corrected chi connectivity index (χ3v) is 6.18. The first-order valence-electron chi connectivity index (χ1n) is 10.7. The number of nitrogens with one attached hydrogen (secondary N) is 1. The summed E-state index contributed by atoms with van der Waals surface area (Å²) in [7, 11) is 4.02. The zero-order chi connectivity index (χ0) is 21.1. The maximum Gasteiger partial charge on any atom is 0.226 e. The van der Waals surface area contributed by atoms with Crippen LogP contribution in [0.15, 0.2) is 48.5 Å². The molecule has 1 N–H and O–H groups in total. The number of fused-ring (bicyclic) bond motifs is 1. The summed E-state index contributed by atoms with van der Waals surface area (Å²) >= 11 is 0. The van der Waals surface area contributed by atoms with Gasteiger partial charge < -0.3 is 24.8 Å².